The van der Waals surface area contributed by atoms with Crippen molar-refractivity contribution >= 4 is 15.9 Å². The van der Waals surface area contributed by atoms with Crippen LogP contribution in [0.25, 0.3) is 0 Å². The third-order valence-electron chi connectivity index (χ3n) is 2.99. The Kier molecular flexibility index (Phi) is 5.20. The zero-order valence-electron chi connectivity index (χ0n) is 11.0. The molecule has 2 aromatic rings. The fourth-order valence-electron chi connectivity index (χ4n) is 2.06. The van der Waals surface area contributed by atoms with E-state index in [4.69, 9.17) is 0 Å². The first kappa shape index (κ1) is 15.1. The summed E-state index contributed by atoms with van der Waals surface area (Å²) >= 11 is 3.33. The molecule has 1 heterocycles. The Hall–Kier alpha value is -1.33. The van der Waals surface area contributed by atoms with Crippen LogP contribution in [-0.2, 0) is 6.42 Å². The highest BCUT2D eigenvalue weighted by molar-refractivity contribution is 9.10. The van der Waals surface area contributed by atoms with E-state index in [9.17, 15) is 8.78 Å². The normalized spacial score (nSPS) is 12.4. The molecule has 2 nitrogen and oxygen atoms in total. The summed E-state index contributed by atoms with van der Waals surface area (Å²) in [6.45, 7) is 2.64. The number of aromatic nitrogens is 1. The van der Waals surface area contributed by atoms with E-state index in [1.807, 2.05) is 19.1 Å². The standard InChI is InChI=1S/C15H15BrF2N2/c1-2-19-15(8-12-5-3-10(16)9-20-12)13-6-4-11(17)7-14(13)18/h3-7,9,15,19H,2,8H2,1H3. The highest BCUT2D eigenvalue weighted by Gasteiger charge is 2.16. The van der Waals surface area contributed by atoms with Crippen molar-refractivity contribution in [2.45, 2.75) is 19.4 Å². The van der Waals surface area contributed by atoms with E-state index in [2.05, 4.69) is 26.2 Å². The number of hydrogen-bond acceptors (Lipinski definition) is 2. The number of benzene rings is 1. The van der Waals surface area contributed by atoms with Gasteiger partial charge in [0.1, 0.15) is 11.6 Å². The van der Waals surface area contributed by atoms with Crippen LogP contribution in [0.15, 0.2) is 41.0 Å². The third kappa shape index (κ3) is 3.84. The number of nitrogens with one attached hydrogen (secondary N) is 1. The minimum absolute atomic E-state index is 0.228. The lowest BCUT2D eigenvalue weighted by molar-refractivity contribution is 0.499. The van der Waals surface area contributed by atoms with Crippen molar-refractivity contribution < 1.29 is 8.78 Å². The third-order valence-corrected chi connectivity index (χ3v) is 3.46. The van der Waals surface area contributed by atoms with Crippen molar-refractivity contribution in [3.05, 3.63) is 63.9 Å². The molecule has 0 aliphatic heterocycles. The predicted octanol–water partition coefficient (Wildman–Crippen LogP) is 4.02. The first-order valence-electron chi connectivity index (χ1n) is 6.39. The lowest BCUT2D eigenvalue weighted by Gasteiger charge is -2.18. The number of hydrogen-bond donors (Lipinski definition) is 1. The van der Waals surface area contributed by atoms with Crippen LogP contribution < -0.4 is 5.32 Å². The highest BCUT2D eigenvalue weighted by Crippen LogP contribution is 2.22. The minimum Gasteiger partial charge on any atom is -0.310 e. The molecule has 0 bridgehead atoms. The first-order chi connectivity index (χ1) is 9.60. The van der Waals surface area contributed by atoms with Crippen molar-refractivity contribution in [1.82, 2.24) is 10.3 Å². The molecule has 0 aliphatic carbocycles. The summed E-state index contributed by atoms with van der Waals surface area (Å²) < 4.78 is 27.8. The van der Waals surface area contributed by atoms with Crippen LogP contribution in [0, 0.1) is 11.6 Å². The Labute approximate surface area is 125 Å². The smallest absolute Gasteiger partial charge is 0.130 e. The summed E-state index contributed by atoms with van der Waals surface area (Å²) in [6, 6.07) is 7.22. The van der Waals surface area contributed by atoms with Crippen LogP contribution >= 0.6 is 15.9 Å². The van der Waals surface area contributed by atoms with Crippen molar-refractivity contribution in [2.75, 3.05) is 6.54 Å². The molecule has 5 heteroatoms. The second-order valence-electron chi connectivity index (χ2n) is 4.45. The van der Waals surface area contributed by atoms with Gasteiger partial charge in [0.2, 0.25) is 0 Å². The van der Waals surface area contributed by atoms with Gasteiger partial charge in [0.15, 0.2) is 0 Å². The summed E-state index contributed by atoms with van der Waals surface area (Å²) in [5.74, 6) is -1.10. The van der Waals surface area contributed by atoms with Crippen LogP contribution in [0.5, 0.6) is 0 Å². The van der Waals surface area contributed by atoms with Gasteiger partial charge in [-0.1, -0.05) is 13.0 Å². The van der Waals surface area contributed by atoms with Crippen LogP contribution in [0.4, 0.5) is 8.78 Å². The van der Waals surface area contributed by atoms with E-state index in [0.29, 0.717) is 18.5 Å². The quantitative estimate of drug-likeness (QED) is 0.889. The molecule has 20 heavy (non-hydrogen) atoms. The summed E-state index contributed by atoms with van der Waals surface area (Å²) in [7, 11) is 0. The average Bonchev–Trinajstić information content (AvgIpc) is 2.41. The minimum atomic E-state index is -0.566. The monoisotopic (exact) mass is 340 g/mol. The zero-order chi connectivity index (χ0) is 14.5. The maximum atomic E-state index is 13.9. The number of halogens is 3. The molecule has 1 N–H and O–H groups in total. The van der Waals surface area contributed by atoms with Gasteiger partial charge in [-0.25, -0.2) is 8.78 Å². The molecule has 0 radical (unpaired) electrons. The van der Waals surface area contributed by atoms with Gasteiger partial charge in [-0.2, -0.15) is 0 Å². The Morgan fingerprint density at radius 3 is 2.65 bits per heavy atom. The van der Waals surface area contributed by atoms with Gasteiger partial charge in [-0.3, -0.25) is 4.98 Å². The molecular formula is C15H15BrF2N2. The van der Waals surface area contributed by atoms with Gasteiger partial charge in [0.25, 0.3) is 0 Å². The molecule has 0 spiro atoms. The molecule has 1 unspecified atom stereocenters. The van der Waals surface area contributed by atoms with Crippen LogP contribution in [0.3, 0.4) is 0 Å². The van der Waals surface area contributed by atoms with Crippen molar-refractivity contribution in [1.29, 1.82) is 0 Å². The lowest BCUT2D eigenvalue weighted by atomic mass is 10.0. The number of rotatable bonds is 5. The van der Waals surface area contributed by atoms with Gasteiger partial charge >= 0.3 is 0 Å². The van der Waals surface area contributed by atoms with E-state index in [1.165, 1.54) is 12.1 Å². The first-order valence-corrected chi connectivity index (χ1v) is 7.18. The summed E-state index contributed by atoms with van der Waals surface area (Å²) in [6.07, 6.45) is 2.25. The Balaban J connectivity index is 2.24. The van der Waals surface area contributed by atoms with Gasteiger partial charge < -0.3 is 5.32 Å². The lowest BCUT2D eigenvalue weighted by Crippen LogP contribution is -2.24. The maximum absolute atomic E-state index is 13.9. The molecule has 0 amide bonds. The van der Waals surface area contributed by atoms with Crippen LogP contribution in [0.2, 0.25) is 0 Å². The van der Waals surface area contributed by atoms with Gasteiger partial charge in [-0.05, 0) is 40.7 Å². The SMILES string of the molecule is CCNC(Cc1ccc(Br)cn1)c1ccc(F)cc1F. The molecule has 0 aliphatic rings. The molecule has 1 atom stereocenters. The van der Waals surface area contributed by atoms with Gasteiger partial charge in [-0.15, -0.1) is 0 Å². The van der Waals surface area contributed by atoms with Crippen molar-refractivity contribution in [3.63, 3.8) is 0 Å². The Morgan fingerprint density at radius 1 is 1.25 bits per heavy atom. The van der Waals surface area contributed by atoms with E-state index < -0.39 is 11.6 Å². The summed E-state index contributed by atoms with van der Waals surface area (Å²) in [4.78, 5) is 4.29. The van der Waals surface area contributed by atoms with E-state index >= 15 is 0 Å². The second kappa shape index (κ2) is 6.90. The maximum Gasteiger partial charge on any atom is 0.130 e. The molecular weight excluding hydrogens is 326 g/mol. The number of pyridine rings is 1. The highest BCUT2D eigenvalue weighted by atomic mass is 79.9. The second-order valence-corrected chi connectivity index (χ2v) is 5.36. The Morgan fingerprint density at radius 2 is 2.05 bits per heavy atom. The largest absolute Gasteiger partial charge is 0.310 e. The van der Waals surface area contributed by atoms with Crippen LogP contribution in [-0.4, -0.2) is 11.5 Å². The van der Waals surface area contributed by atoms with Crippen molar-refractivity contribution in [2.24, 2.45) is 0 Å². The fourth-order valence-corrected chi connectivity index (χ4v) is 2.29. The predicted molar refractivity (Wildman–Crippen MR) is 78.4 cm³/mol. The molecule has 0 saturated carbocycles. The molecule has 0 saturated heterocycles. The molecule has 1 aromatic carbocycles. The van der Waals surface area contributed by atoms with Crippen LogP contribution in [0.1, 0.15) is 24.2 Å². The van der Waals surface area contributed by atoms with Gasteiger partial charge in [0, 0.05) is 40.5 Å². The van der Waals surface area contributed by atoms with E-state index in [0.717, 1.165) is 16.2 Å². The van der Waals surface area contributed by atoms with E-state index in [-0.39, 0.29) is 6.04 Å². The summed E-state index contributed by atoms with van der Waals surface area (Å²) in [5.41, 5.74) is 1.31. The topological polar surface area (TPSA) is 24.9 Å². The van der Waals surface area contributed by atoms with Gasteiger partial charge in [0.05, 0.1) is 0 Å². The van der Waals surface area contributed by atoms with Crippen molar-refractivity contribution in [3.8, 4) is 0 Å². The molecule has 1 aromatic heterocycles. The Bertz CT molecular complexity index is 573. The molecule has 2 rings (SSSR count). The average molecular weight is 341 g/mol. The van der Waals surface area contributed by atoms with E-state index in [1.54, 1.807) is 6.20 Å². The zero-order valence-corrected chi connectivity index (χ0v) is 12.6. The number of likely N-dealkylation sites (N-methyl/N-ethyl adjacent to an activating group) is 1. The fraction of sp³-hybridized carbons (Fsp3) is 0.267. The molecule has 0 fully saturated rings. The number of nitrogens with zero attached hydrogens (tertiary/aromatic N) is 1. The summed E-state index contributed by atoms with van der Waals surface area (Å²) in [5, 5.41) is 3.21. The molecule has 106 valence electrons.